The van der Waals surface area contributed by atoms with Crippen molar-refractivity contribution in [3.05, 3.63) is 23.2 Å². The Morgan fingerprint density at radius 2 is 2.16 bits per heavy atom. The fourth-order valence-electron chi connectivity index (χ4n) is 1.83. The van der Waals surface area contributed by atoms with Crippen LogP contribution in [-0.2, 0) is 4.79 Å². The molecular weight excluding hydrogens is 262 g/mol. The highest BCUT2D eigenvalue weighted by Gasteiger charge is 2.22. The molecule has 3 N–H and O–H groups in total. The van der Waals surface area contributed by atoms with Gasteiger partial charge in [-0.15, -0.1) is 0 Å². The molecule has 1 aliphatic carbocycles. The van der Waals surface area contributed by atoms with E-state index in [0.29, 0.717) is 17.5 Å². The van der Waals surface area contributed by atoms with E-state index in [9.17, 15) is 4.79 Å². The van der Waals surface area contributed by atoms with Crippen LogP contribution < -0.4 is 16.0 Å². The van der Waals surface area contributed by atoms with Crippen LogP contribution in [0.4, 0.5) is 11.4 Å². The molecular formula is C14H20ClN3O. The minimum absolute atomic E-state index is 0.0244. The first-order valence-corrected chi connectivity index (χ1v) is 7.07. The average Bonchev–Trinajstić information content (AvgIpc) is 3.17. The number of carbonyl (C=O) groups is 1. The molecule has 0 atom stereocenters. The fourth-order valence-corrected chi connectivity index (χ4v) is 2.00. The van der Waals surface area contributed by atoms with Gasteiger partial charge in [-0.1, -0.05) is 11.6 Å². The predicted molar refractivity (Wildman–Crippen MR) is 79.9 cm³/mol. The number of amides is 1. The van der Waals surface area contributed by atoms with E-state index in [0.717, 1.165) is 24.3 Å². The van der Waals surface area contributed by atoms with Crippen molar-refractivity contribution in [1.29, 1.82) is 0 Å². The number of nitrogens with one attached hydrogen (secondary N) is 3. The molecule has 19 heavy (non-hydrogen) atoms. The highest BCUT2D eigenvalue weighted by molar-refractivity contribution is 6.31. The maximum atomic E-state index is 11.8. The molecule has 0 spiro atoms. The standard InChI is InChI=1S/C14H20ClN3O/c1-16-8-2-3-14(19)18-13-9-10(15)4-7-12(13)17-11-5-6-11/h4,7,9,11,16-17H,2-3,5-6,8H2,1H3,(H,18,19). The van der Waals surface area contributed by atoms with E-state index in [1.165, 1.54) is 12.8 Å². The lowest BCUT2D eigenvalue weighted by Gasteiger charge is -2.13. The minimum Gasteiger partial charge on any atom is -0.381 e. The second-order valence-corrected chi connectivity index (χ2v) is 5.30. The SMILES string of the molecule is CNCCCC(=O)Nc1cc(Cl)ccc1NC1CC1. The quantitative estimate of drug-likeness (QED) is 0.674. The van der Waals surface area contributed by atoms with Crippen molar-refractivity contribution in [2.24, 2.45) is 0 Å². The van der Waals surface area contributed by atoms with Gasteiger partial charge in [0, 0.05) is 17.5 Å². The second-order valence-electron chi connectivity index (χ2n) is 4.86. The van der Waals surface area contributed by atoms with E-state index < -0.39 is 0 Å². The molecule has 1 saturated carbocycles. The highest BCUT2D eigenvalue weighted by atomic mass is 35.5. The first-order chi connectivity index (χ1) is 9.19. The fraction of sp³-hybridized carbons (Fsp3) is 0.500. The van der Waals surface area contributed by atoms with E-state index >= 15 is 0 Å². The molecule has 0 bridgehead atoms. The third-order valence-corrected chi connectivity index (χ3v) is 3.26. The van der Waals surface area contributed by atoms with Crippen LogP contribution in [0.25, 0.3) is 0 Å². The van der Waals surface area contributed by atoms with Crippen molar-refractivity contribution in [2.45, 2.75) is 31.7 Å². The Morgan fingerprint density at radius 3 is 2.84 bits per heavy atom. The number of anilines is 2. The Labute approximate surface area is 118 Å². The lowest BCUT2D eigenvalue weighted by Crippen LogP contribution is -2.16. The number of hydrogen-bond donors (Lipinski definition) is 3. The molecule has 5 heteroatoms. The summed E-state index contributed by atoms with van der Waals surface area (Å²) in [5, 5.41) is 9.99. The van der Waals surface area contributed by atoms with Crippen molar-refractivity contribution in [3.8, 4) is 0 Å². The molecule has 0 unspecified atom stereocenters. The molecule has 1 fully saturated rings. The zero-order chi connectivity index (χ0) is 13.7. The molecule has 2 rings (SSSR count). The molecule has 104 valence electrons. The zero-order valence-corrected chi connectivity index (χ0v) is 11.9. The molecule has 0 aromatic heterocycles. The Kier molecular flexibility index (Phi) is 5.05. The molecule has 0 heterocycles. The number of halogens is 1. The predicted octanol–water partition coefficient (Wildman–Crippen LogP) is 2.85. The van der Waals surface area contributed by atoms with Gasteiger partial charge in [0.25, 0.3) is 0 Å². The van der Waals surface area contributed by atoms with Crippen molar-refractivity contribution in [3.63, 3.8) is 0 Å². The zero-order valence-electron chi connectivity index (χ0n) is 11.1. The monoisotopic (exact) mass is 281 g/mol. The van der Waals surface area contributed by atoms with Crippen LogP contribution in [0.2, 0.25) is 5.02 Å². The summed E-state index contributed by atoms with van der Waals surface area (Å²) in [4.78, 5) is 11.8. The van der Waals surface area contributed by atoms with Crippen LogP contribution in [-0.4, -0.2) is 25.5 Å². The number of hydrogen-bond acceptors (Lipinski definition) is 3. The smallest absolute Gasteiger partial charge is 0.224 e. The summed E-state index contributed by atoms with van der Waals surface area (Å²) in [5.74, 6) is 0.0244. The van der Waals surface area contributed by atoms with Crippen molar-refractivity contribution in [2.75, 3.05) is 24.2 Å². The van der Waals surface area contributed by atoms with Crippen molar-refractivity contribution in [1.82, 2.24) is 5.32 Å². The van der Waals surface area contributed by atoms with Crippen molar-refractivity contribution < 1.29 is 4.79 Å². The second kappa shape index (κ2) is 6.78. The number of benzene rings is 1. The summed E-state index contributed by atoms with van der Waals surface area (Å²) in [6.07, 6.45) is 3.72. The maximum Gasteiger partial charge on any atom is 0.224 e. The molecule has 1 amide bonds. The first-order valence-electron chi connectivity index (χ1n) is 6.69. The largest absolute Gasteiger partial charge is 0.381 e. The molecule has 1 aromatic carbocycles. The van der Waals surface area contributed by atoms with Crippen LogP contribution in [0, 0.1) is 0 Å². The maximum absolute atomic E-state index is 11.8. The first kappa shape index (κ1) is 14.2. The van der Waals surface area contributed by atoms with Crippen LogP contribution >= 0.6 is 11.6 Å². The summed E-state index contributed by atoms with van der Waals surface area (Å²) in [5.41, 5.74) is 1.72. The topological polar surface area (TPSA) is 53.2 Å². The average molecular weight is 282 g/mol. The van der Waals surface area contributed by atoms with E-state index in [4.69, 9.17) is 11.6 Å². The lowest BCUT2D eigenvalue weighted by atomic mass is 10.2. The molecule has 1 aliphatic rings. The van der Waals surface area contributed by atoms with Gasteiger partial charge < -0.3 is 16.0 Å². The Balaban J connectivity index is 1.96. The Hall–Kier alpha value is -1.26. The van der Waals surface area contributed by atoms with E-state index in [2.05, 4.69) is 16.0 Å². The summed E-state index contributed by atoms with van der Waals surface area (Å²) >= 11 is 5.99. The third-order valence-electron chi connectivity index (χ3n) is 3.02. The van der Waals surface area contributed by atoms with E-state index in [-0.39, 0.29) is 5.91 Å². The molecule has 4 nitrogen and oxygen atoms in total. The van der Waals surface area contributed by atoms with Gasteiger partial charge in [-0.05, 0) is 51.1 Å². The van der Waals surface area contributed by atoms with Gasteiger partial charge in [0.15, 0.2) is 0 Å². The van der Waals surface area contributed by atoms with Crippen molar-refractivity contribution >= 4 is 28.9 Å². The molecule has 0 radical (unpaired) electrons. The van der Waals surface area contributed by atoms with Crippen LogP contribution in [0.3, 0.4) is 0 Å². The van der Waals surface area contributed by atoms with E-state index in [1.807, 2.05) is 19.2 Å². The highest BCUT2D eigenvalue weighted by Crippen LogP contribution is 2.31. The van der Waals surface area contributed by atoms with Gasteiger partial charge in [-0.3, -0.25) is 4.79 Å². The normalized spacial score (nSPS) is 14.2. The van der Waals surface area contributed by atoms with Crippen LogP contribution in [0.15, 0.2) is 18.2 Å². The van der Waals surface area contributed by atoms with Gasteiger partial charge in [0.1, 0.15) is 0 Å². The van der Waals surface area contributed by atoms with Gasteiger partial charge >= 0.3 is 0 Å². The Bertz CT molecular complexity index is 446. The summed E-state index contributed by atoms with van der Waals surface area (Å²) < 4.78 is 0. The van der Waals surface area contributed by atoms with Gasteiger partial charge in [0.2, 0.25) is 5.91 Å². The minimum atomic E-state index is 0.0244. The number of rotatable bonds is 7. The Morgan fingerprint density at radius 1 is 1.37 bits per heavy atom. The van der Waals surface area contributed by atoms with Crippen LogP contribution in [0.1, 0.15) is 25.7 Å². The lowest BCUT2D eigenvalue weighted by molar-refractivity contribution is -0.116. The van der Waals surface area contributed by atoms with E-state index in [1.54, 1.807) is 6.07 Å². The number of carbonyl (C=O) groups excluding carboxylic acids is 1. The van der Waals surface area contributed by atoms with Gasteiger partial charge in [-0.2, -0.15) is 0 Å². The summed E-state index contributed by atoms with van der Waals surface area (Å²) in [6.45, 7) is 0.843. The summed E-state index contributed by atoms with van der Waals surface area (Å²) in [7, 11) is 1.88. The third kappa shape index (κ3) is 4.73. The molecule has 1 aromatic rings. The van der Waals surface area contributed by atoms with Gasteiger partial charge in [0.05, 0.1) is 11.4 Å². The van der Waals surface area contributed by atoms with Crippen LogP contribution in [0.5, 0.6) is 0 Å². The molecule has 0 saturated heterocycles. The molecule has 0 aliphatic heterocycles. The van der Waals surface area contributed by atoms with Gasteiger partial charge in [-0.25, -0.2) is 0 Å². The summed E-state index contributed by atoms with van der Waals surface area (Å²) in [6, 6.07) is 6.09.